The Morgan fingerprint density at radius 2 is 1.20 bits per heavy atom. The molecule has 0 radical (unpaired) electrons. The minimum Gasteiger partial charge on any atom is -0.467 e. The highest BCUT2D eigenvalue weighted by Crippen LogP contribution is 2.48. The van der Waals surface area contributed by atoms with E-state index in [4.69, 9.17) is 4.74 Å². The quantitative estimate of drug-likeness (QED) is 0.219. The number of nitrogens with zero attached hydrogens (tertiary/aromatic N) is 3. The Morgan fingerprint density at radius 1 is 0.775 bits per heavy atom. The predicted octanol–water partition coefficient (Wildman–Crippen LogP) is 4.17. The Labute approximate surface area is 237 Å². The highest BCUT2D eigenvalue weighted by Gasteiger charge is 2.57. The smallest absolute Gasteiger partial charge is 0.328 e. The lowest BCUT2D eigenvalue weighted by atomic mass is 9.76. The van der Waals surface area contributed by atoms with Gasteiger partial charge in [0.05, 0.1) is 12.6 Å². The molecule has 1 aliphatic rings. The molecule has 1 aliphatic heterocycles. The zero-order chi connectivity index (χ0) is 29.0. The minimum absolute atomic E-state index is 0.138. The van der Waals surface area contributed by atoms with Crippen molar-refractivity contribution >= 4 is 17.8 Å². The number of likely N-dealkylation sites (N-methyl/N-ethyl adjacent to an activating group) is 2. The number of hydrogen-bond donors (Lipinski definition) is 0. The lowest BCUT2D eigenvalue weighted by molar-refractivity contribution is -0.156. The summed E-state index contributed by atoms with van der Waals surface area (Å²) in [4.78, 5) is 44.9. The van der Waals surface area contributed by atoms with Gasteiger partial charge in [-0.05, 0) is 29.5 Å². The molecule has 1 saturated heterocycles. The summed E-state index contributed by atoms with van der Waals surface area (Å²) in [5, 5.41) is 0. The second kappa shape index (κ2) is 12.0. The van der Waals surface area contributed by atoms with Crippen molar-refractivity contribution in [2.75, 3.05) is 27.7 Å². The molecule has 0 aliphatic carbocycles. The molecule has 210 valence electrons. The van der Waals surface area contributed by atoms with E-state index >= 15 is 0 Å². The second-order valence-corrected chi connectivity index (χ2v) is 10.8. The molecule has 1 heterocycles. The van der Waals surface area contributed by atoms with Crippen molar-refractivity contribution in [3.63, 3.8) is 0 Å². The largest absolute Gasteiger partial charge is 0.467 e. The molecule has 4 atom stereocenters. The van der Waals surface area contributed by atoms with E-state index in [1.807, 2.05) is 68.4 Å². The third kappa shape index (κ3) is 5.26. The van der Waals surface area contributed by atoms with E-state index in [1.165, 1.54) is 16.9 Å². The van der Waals surface area contributed by atoms with Crippen LogP contribution in [0.3, 0.4) is 0 Å². The molecule has 3 aromatic rings. The highest BCUT2D eigenvalue weighted by atomic mass is 16.5. The summed E-state index contributed by atoms with van der Waals surface area (Å²) in [6, 6.07) is 28.8. The third-order valence-electron chi connectivity index (χ3n) is 8.03. The number of amides is 2. The monoisotopic (exact) mass is 541 g/mol. The molecule has 0 spiro atoms. The Hall–Kier alpha value is -3.97. The van der Waals surface area contributed by atoms with Gasteiger partial charge in [-0.15, -0.1) is 0 Å². The van der Waals surface area contributed by atoms with Crippen LogP contribution in [0, 0.1) is 5.92 Å². The van der Waals surface area contributed by atoms with Crippen LogP contribution in [0.2, 0.25) is 0 Å². The van der Waals surface area contributed by atoms with E-state index < -0.39 is 29.6 Å². The van der Waals surface area contributed by atoms with Gasteiger partial charge in [0, 0.05) is 20.6 Å². The predicted molar refractivity (Wildman–Crippen MR) is 155 cm³/mol. The Kier molecular flexibility index (Phi) is 8.74. The molecule has 2 amide bonds. The molecule has 0 saturated carbocycles. The second-order valence-electron chi connectivity index (χ2n) is 10.8. The number of carbonyl (C=O) groups excluding carboxylic acids is 3. The summed E-state index contributed by atoms with van der Waals surface area (Å²) in [5.41, 5.74) is 2.49. The zero-order valence-electron chi connectivity index (χ0n) is 24.2. The van der Waals surface area contributed by atoms with E-state index in [2.05, 4.69) is 41.3 Å². The van der Waals surface area contributed by atoms with E-state index in [0.29, 0.717) is 6.54 Å². The minimum atomic E-state index is -0.759. The zero-order valence-corrected chi connectivity index (χ0v) is 24.2. The fourth-order valence-electron chi connectivity index (χ4n) is 5.78. The van der Waals surface area contributed by atoms with Crippen molar-refractivity contribution < 1.29 is 19.1 Å². The summed E-state index contributed by atoms with van der Waals surface area (Å²) in [5.74, 6) is -1.07. The molecule has 7 nitrogen and oxygen atoms in total. The summed E-state index contributed by atoms with van der Waals surface area (Å²) in [6.07, 6.45) is 0. The van der Waals surface area contributed by atoms with E-state index in [1.54, 1.807) is 21.0 Å². The molecular weight excluding hydrogens is 502 g/mol. The van der Waals surface area contributed by atoms with Crippen LogP contribution in [-0.4, -0.2) is 78.4 Å². The number of rotatable bonds is 10. The van der Waals surface area contributed by atoms with E-state index in [-0.39, 0.29) is 17.7 Å². The molecule has 3 aromatic carbocycles. The van der Waals surface area contributed by atoms with Gasteiger partial charge in [-0.25, -0.2) is 4.79 Å². The number of ether oxygens (including phenoxy) is 1. The number of benzene rings is 3. The van der Waals surface area contributed by atoms with Crippen LogP contribution in [0.1, 0.15) is 37.5 Å². The van der Waals surface area contributed by atoms with Gasteiger partial charge in [0.25, 0.3) is 0 Å². The molecule has 2 unspecified atom stereocenters. The lowest BCUT2D eigenvalue weighted by Gasteiger charge is -2.38. The average Bonchev–Trinajstić information content (AvgIpc) is 3.78. The first-order chi connectivity index (χ1) is 19.2. The number of esters is 1. The standard InChI is InChI=1S/C33H39N3O4/c1-23(2)29(32(39)40-6)35(5)30(37)24(3)34(4)31(38)28-22-36(28)33(25-16-10-7-11-17-25,26-18-12-8-13-19-26)27-20-14-9-15-21-27/h7-21,23-24,28-29H,22H2,1-6H3/t24-,28?,29+,36?/m1/s1. The van der Waals surface area contributed by atoms with Crippen molar-refractivity contribution in [3.8, 4) is 0 Å². The van der Waals surface area contributed by atoms with E-state index in [9.17, 15) is 14.4 Å². The molecule has 7 heteroatoms. The Bertz CT molecular complexity index is 1220. The maximum absolute atomic E-state index is 13.9. The van der Waals surface area contributed by atoms with Crippen LogP contribution >= 0.6 is 0 Å². The van der Waals surface area contributed by atoms with Crippen LogP contribution in [0.15, 0.2) is 91.0 Å². The van der Waals surface area contributed by atoms with Crippen molar-refractivity contribution in [1.82, 2.24) is 14.7 Å². The number of hydrogen-bond acceptors (Lipinski definition) is 5. The topological polar surface area (TPSA) is 69.9 Å². The number of carbonyl (C=O) groups is 3. The first kappa shape index (κ1) is 29.0. The molecule has 40 heavy (non-hydrogen) atoms. The van der Waals surface area contributed by atoms with Crippen molar-refractivity contribution in [1.29, 1.82) is 0 Å². The van der Waals surface area contributed by atoms with Crippen LogP contribution in [0.5, 0.6) is 0 Å². The average molecular weight is 542 g/mol. The fourth-order valence-corrected chi connectivity index (χ4v) is 5.78. The maximum atomic E-state index is 13.9. The SMILES string of the molecule is COC(=O)[C@H](C(C)C)N(C)C(=O)[C@@H](C)N(C)C(=O)C1CN1C(c1ccccc1)(c1ccccc1)c1ccccc1. The van der Waals surface area contributed by atoms with Gasteiger partial charge in [0.1, 0.15) is 18.1 Å². The summed E-state index contributed by atoms with van der Waals surface area (Å²) >= 11 is 0. The van der Waals surface area contributed by atoms with Gasteiger partial charge >= 0.3 is 5.97 Å². The summed E-state index contributed by atoms with van der Waals surface area (Å²) < 4.78 is 4.94. The van der Waals surface area contributed by atoms with E-state index in [0.717, 1.165) is 16.7 Å². The van der Waals surface area contributed by atoms with Crippen LogP contribution in [-0.2, 0) is 24.7 Å². The van der Waals surface area contributed by atoms with Gasteiger partial charge < -0.3 is 14.5 Å². The van der Waals surface area contributed by atoms with Crippen molar-refractivity contribution in [2.24, 2.45) is 5.92 Å². The molecule has 0 N–H and O–H groups in total. The molecule has 4 rings (SSSR count). The van der Waals surface area contributed by atoms with Gasteiger partial charge in [0.2, 0.25) is 11.8 Å². The first-order valence-electron chi connectivity index (χ1n) is 13.7. The van der Waals surface area contributed by atoms with Crippen molar-refractivity contribution in [2.45, 2.75) is 44.4 Å². The number of methoxy groups -OCH3 is 1. The Balaban J connectivity index is 1.67. The Morgan fingerprint density at radius 3 is 1.57 bits per heavy atom. The van der Waals surface area contributed by atoms with Gasteiger partial charge in [-0.1, -0.05) is 105 Å². The normalized spacial score (nSPS) is 18.0. The molecule has 1 fully saturated rings. The van der Waals surface area contributed by atoms with Crippen molar-refractivity contribution in [3.05, 3.63) is 108 Å². The van der Waals surface area contributed by atoms with Gasteiger partial charge in [-0.2, -0.15) is 0 Å². The summed E-state index contributed by atoms with van der Waals surface area (Å²) in [6.45, 7) is 5.97. The van der Waals surface area contributed by atoms with Crippen LogP contribution in [0.25, 0.3) is 0 Å². The lowest BCUT2D eigenvalue weighted by Crippen LogP contribution is -2.54. The molecule has 0 bridgehead atoms. The highest BCUT2D eigenvalue weighted by molar-refractivity contribution is 5.93. The van der Waals surface area contributed by atoms with Gasteiger partial charge in [0.15, 0.2) is 0 Å². The summed E-state index contributed by atoms with van der Waals surface area (Å²) in [7, 11) is 4.57. The van der Waals surface area contributed by atoms with Gasteiger partial charge in [-0.3, -0.25) is 14.5 Å². The van der Waals surface area contributed by atoms with Crippen LogP contribution < -0.4 is 0 Å². The molecule has 0 aromatic heterocycles. The first-order valence-corrected chi connectivity index (χ1v) is 13.7. The third-order valence-corrected chi connectivity index (χ3v) is 8.03. The van der Waals surface area contributed by atoms with Crippen LogP contribution in [0.4, 0.5) is 0 Å². The molecular formula is C33H39N3O4. The maximum Gasteiger partial charge on any atom is 0.328 e. The fraction of sp³-hybridized carbons (Fsp3) is 0.364.